The predicted octanol–water partition coefficient (Wildman–Crippen LogP) is 3.65. The maximum Gasteiger partial charge on any atom is 0.243 e. The number of unbranched alkanes of at least 4 members (excludes halogenated alkanes) is 1. The Bertz CT molecular complexity index is 2560. The Balaban J connectivity index is 1.34. The highest BCUT2D eigenvalue weighted by Crippen LogP contribution is 2.38. The van der Waals surface area contributed by atoms with Gasteiger partial charge in [-0.3, -0.25) is 38.6 Å². The number of nitrogens with zero attached hydrogens (tertiary/aromatic N) is 1. The molecule has 6 rings (SSSR count). The van der Waals surface area contributed by atoms with Crippen molar-refractivity contribution in [2.45, 2.75) is 164 Å². The summed E-state index contributed by atoms with van der Waals surface area (Å²) in [4.78, 5) is 106. The summed E-state index contributed by atoms with van der Waals surface area (Å²) in [5.74, 6) is -3.62. The third kappa shape index (κ3) is 18.2. The number of aryl methyl sites for hydroxylation is 1. The van der Waals surface area contributed by atoms with E-state index in [1.165, 1.54) is 5.56 Å². The molecule has 4 aromatic rings. The van der Waals surface area contributed by atoms with Crippen LogP contribution in [0.15, 0.2) is 96.1 Å². The molecule has 76 heavy (non-hydrogen) atoms. The molecule has 0 bridgehead atoms. The molecule has 0 radical (unpaired) electrons. The van der Waals surface area contributed by atoms with Crippen LogP contribution in [0.25, 0.3) is 10.9 Å². The SMILES string of the molecule is CCCCC(=O)N[C@H]1CC(=O)NCCCCCC[C@@H](C(N)=O)NC(=O)[C@H](CCc2c[nH]c3ccccc23)NC(=O)[C@H](CCCN=C(N)N)NC(=O)[C@@H](Cc2ccccc2)NCC2(CCC(c3ccccc3)CC2)NC1=O. The van der Waals surface area contributed by atoms with E-state index in [4.69, 9.17) is 17.2 Å². The number of hydrogen-bond donors (Lipinski definition) is 11. The number of nitrogens with two attached hydrogens (primary N) is 3. The number of para-hydroxylation sites is 1. The molecule has 1 saturated heterocycles. The largest absolute Gasteiger partial charge is 0.370 e. The van der Waals surface area contributed by atoms with E-state index in [1.54, 1.807) is 0 Å². The first kappa shape index (κ1) is 58.0. The van der Waals surface area contributed by atoms with Crippen molar-refractivity contribution >= 4 is 58.2 Å². The molecule has 410 valence electrons. The Morgan fingerprint density at radius 1 is 0.724 bits per heavy atom. The van der Waals surface area contributed by atoms with Gasteiger partial charge < -0.3 is 59.4 Å². The molecule has 2 fully saturated rings. The number of primary amides is 1. The van der Waals surface area contributed by atoms with Crippen molar-refractivity contribution in [2.75, 3.05) is 19.6 Å². The summed E-state index contributed by atoms with van der Waals surface area (Å²) >= 11 is 0. The lowest BCUT2D eigenvalue weighted by molar-refractivity contribution is -0.134. The van der Waals surface area contributed by atoms with Crippen molar-refractivity contribution < 1.29 is 33.6 Å². The Labute approximate surface area is 446 Å². The number of H-pyrrole nitrogens is 1. The monoisotopic (exact) mass is 1040 g/mol. The maximum atomic E-state index is 15.0. The van der Waals surface area contributed by atoms with Crippen molar-refractivity contribution in [3.05, 3.63) is 108 Å². The van der Waals surface area contributed by atoms with Gasteiger partial charge in [-0.2, -0.15) is 0 Å². The van der Waals surface area contributed by atoms with Crippen molar-refractivity contribution in [1.82, 2.24) is 42.2 Å². The molecule has 14 N–H and O–H groups in total. The first-order valence-corrected chi connectivity index (χ1v) is 27.2. The van der Waals surface area contributed by atoms with Crippen LogP contribution >= 0.6 is 0 Å². The molecule has 1 aliphatic carbocycles. The lowest BCUT2D eigenvalue weighted by atomic mass is 9.73. The standard InChI is InChI=1S/C57H80N12O7/c1-2-3-25-49(70)65-48-35-50(71)61-32-15-5-4-12-23-44(51(58)72)66-53(74)46(27-26-41-36-63-43-22-14-13-21-42(41)43)68-52(73)45(24-16-33-62-56(59)60)67-54(75)47(34-38-17-8-6-9-18-38)64-37-57(69-55(48)76)30-28-40(29-31-57)39-19-10-7-11-20-39/h6-11,13-14,17-22,36,40,44-48,63-64H,2-5,12,15-16,23-35,37H2,1H3,(H2,58,72)(H,61,71)(H,65,70)(H,66,74)(H,67,75)(H,68,73)(H,69,76)(H4,59,60,62)/t40?,44-,45-,46-,47+,48-,57?/m0/s1. The van der Waals surface area contributed by atoms with Crippen LogP contribution < -0.4 is 54.4 Å². The molecule has 2 heterocycles. The highest BCUT2D eigenvalue weighted by atomic mass is 16.2. The summed E-state index contributed by atoms with van der Waals surface area (Å²) in [6, 6.07) is 21.9. The van der Waals surface area contributed by atoms with Gasteiger partial charge in [0.05, 0.1) is 18.0 Å². The lowest BCUT2D eigenvalue weighted by Crippen LogP contribution is -2.63. The Hall–Kier alpha value is -7.28. The number of aromatic amines is 1. The number of aromatic nitrogens is 1. The number of guanidine groups is 1. The van der Waals surface area contributed by atoms with Crippen LogP contribution in [-0.2, 0) is 46.4 Å². The molecule has 1 aliphatic heterocycles. The maximum absolute atomic E-state index is 15.0. The third-order valence-electron chi connectivity index (χ3n) is 14.7. The van der Waals surface area contributed by atoms with Gasteiger partial charge in [0, 0.05) is 43.2 Å². The summed E-state index contributed by atoms with van der Waals surface area (Å²) in [5, 5.41) is 22.3. The number of hydrogen-bond acceptors (Lipinski definition) is 9. The second-order valence-electron chi connectivity index (χ2n) is 20.5. The van der Waals surface area contributed by atoms with Crippen LogP contribution in [0.1, 0.15) is 132 Å². The van der Waals surface area contributed by atoms with Crippen LogP contribution in [-0.4, -0.2) is 108 Å². The summed E-state index contributed by atoms with van der Waals surface area (Å²) < 4.78 is 0. The topological polar surface area (TPSA) is 310 Å². The normalized spacial score (nSPS) is 24.1. The molecular weight excluding hydrogens is 965 g/mol. The zero-order valence-electron chi connectivity index (χ0n) is 44.0. The number of nitrogens with one attached hydrogen (secondary N) is 8. The van der Waals surface area contributed by atoms with E-state index in [0.29, 0.717) is 70.8 Å². The van der Waals surface area contributed by atoms with Crippen molar-refractivity contribution in [3.8, 4) is 0 Å². The minimum absolute atomic E-state index is 0.0902. The van der Waals surface area contributed by atoms with Gasteiger partial charge in [-0.1, -0.05) is 111 Å². The van der Waals surface area contributed by atoms with Gasteiger partial charge in [-0.15, -0.1) is 0 Å². The first-order valence-electron chi connectivity index (χ1n) is 27.2. The highest BCUT2D eigenvalue weighted by molar-refractivity contribution is 5.95. The van der Waals surface area contributed by atoms with Gasteiger partial charge in [-0.05, 0) is 106 Å². The van der Waals surface area contributed by atoms with E-state index in [1.807, 2.05) is 85.9 Å². The first-order chi connectivity index (χ1) is 36.7. The quantitative estimate of drug-likeness (QED) is 0.0467. The van der Waals surface area contributed by atoms with Gasteiger partial charge in [-0.25, -0.2) is 0 Å². The molecule has 1 aromatic heterocycles. The predicted molar refractivity (Wildman–Crippen MR) is 294 cm³/mol. The second kappa shape index (κ2) is 29.7. The fraction of sp³-hybridized carbons (Fsp3) is 0.509. The number of rotatable bonds is 15. The van der Waals surface area contributed by atoms with E-state index < -0.39 is 71.2 Å². The summed E-state index contributed by atoms with van der Waals surface area (Å²) in [6.45, 7) is 2.58. The number of amides is 7. The molecule has 3 aromatic carbocycles. The molecule has 19 heteroatoms. The lowest BCUT2D eigenvalue weighted by Gasteiger charge is -2.43. The summed E-state index contributed by atoms with van der Waals surface area (Å²) in [5.41, 5.74) is 20.1. The fourth-order valence-electron chi connectivity index (χ4n) is 10.3. The van der Waals surface area contributed by atoms with Gasteiger partial charge in [0.1, 0.15) is 24.2 Å². The van der Waals surface area contributed by atoms with Gasteiger partial charge in [0.25, 0.3) is 0 Å². The van der Waals surface area contributed by atoms with Crippen LogP contribution in [0.2, 0.25) is 0 Å². The molecular formula is C57H80N12O7. The zero-order chi connectivity index (χ0) is 54.3. The van der Waals surface area contributed by atoms with Crippen LogP contribution in [0.5, 0.6) is 0 Å². The second-order valence-corrected chi connectivity index (χ2v) is 20.5. The zero-order valence-corrected chi connectivity index (χ0v) is 44.0. The van der Waals surface area contributed by atoms with Gasteiger partial charge in [0.2, 0.25) is 41.4 Å². The van der Waals surface area contributed by atoms with E-state index in [9.17, 15) is 33.6 Å². The third-order valence-corrected chi connectivity index (χ3v) is 14.7. The molecule has 0 unspecified atom stereocenters. The fourth-order valence-corrected chi connectivity index (χ4v) is 10.3. The molecule has 1 saturated carbocycles. The van der Waals surface area contributed by atoms with Crippen molar-refractivity contribution in [2.24, 2.45) is 22.2 Å². The average Bonchev–Trinajstić information content (AvgIpc) is 3.83. The van der Waals surface area contributed by atoms with Gasteiger partial charge >= 0.3 is 0 Å². The molecule has 19 nitrogen and oxygen atoms in total. The summed E-state index contributed by atoms with van der Waals surface area (Å²) in [7, 11) is 0. The Kier molecular flexibility index (Phi) is 22.7. The van der Waals surface area contributed by atoms with Gasteiger partial charge in [0.15, 0.2) is 5.96 Å². The number of benzene rings is 3. The molecule has 7 amide bonds. The van der Waals surface area contributed by atoms with Crippen LogP contribution in [0.4, 0.5) is 0 Å². The minimum Gasteiger partial charge on any atom is -0.370 e. The van der Waals surface area contributed by atoms with Crippen molar-refractivity contribution in [3.63, 3.8) is 0 Å². The molecule has 2 aliphatic rings. The number of carbonyl (C=O) groups is 7. The Morgan fingerprint density at radius 2 is 1.38 bits per heavy atom. The van der Waals surface area contributed by atoms with E-state index in [2.05, 4.69) is 59.3 Å². The number of carbonyl (C=O) groups excluding carboxylic acids is 7. The number of aliphatic imine (C=N–C) groups is 1. The molecule has 5 atom stereocenters. The summed E-state index contributed by atoms with van der Waals surface area (Å²) in [6.07, 6.45) is 9.42. The van der Waals surface area contributed by atoms with E-state index in [-0.39, 0.29) is 75.8 Å². The Morgan fingerprint density at radius 3 is 2.09 bits per heavy atom. The average molecular weight is 1050 g/mol. The van der Waals surface area contributed by atoms with E-state index >= 15 is 0 Å². The smallest absolute Gasteiger partial charge is 0.243 e. The minimum atomic E-state index is -1.18. The number of fused-ring (bicyclic) bond motifs is 1. The van der Waals surface area contributed by atoms with Crippen LogP contribution in [0, 0.1) is 0 Å². The van der Waals surface area contributed by atoms with Crippen molar-refractivity contribution in [1.29, 1.82) is 0 Å². The van der Waals surface area contributed by atoms with Crippen LogP contribution in [0.3, 0.4) is 0 Å². The molecule has 1 spiro atoms. The highest BCUT2D eigenvalue weighted by Gasteiger charge is 2.40. The van der Waals surface area contributed by atoms with E-state index in [0.717, 1.165) is 28.5 Å².